The van der Waals surface area contributed by atoms with Gasteiger partial charge in [0.15, 0.2) is 0 Å². The number of anilines is 1. The average Bonchev–Trinajstić information content (AvgIpc) is 3.34. The topological polar surface area (TPSA) is 59.7 Å². The molecule has 31 heavy (non-hydrogen) atoms. The van der Waals surface area contributed by atoms with Gasteiger partial charge in [0.05, 0.1) is 12.2 Å². The van der Waals surface area contributed by atoms with Gasteiger partial charge in [0, 0.05) is 23.8 Å². The second-order valence-corrected chi connectivity index (χ2v) is 8.69. The van der Waals surface area contributed by atoms with Crippen LogP contribution in [0.5, 0.6) is 0 Å². The third-order valence-corrected chi connectivity index (χ3v) is 6.28. The molecule has 3 heterocycles. The van der Waals surface area contributed by atoms with E-state index in [2.05, 4.69) is 89.3 Å². The number of aryl methyl sites for hydroxylation is 1. The maximum Gasteiger partial charge on any atom is 0.252 e. The lowest BCUT2D eigenvalue weighted by atomic mass is 9.78. The van der Waals surface area contributed by atoms with Gasteiger partial charge < -0.3 is 4.90 Å². The van der Waals surface area contributed by atoms with Crippen molar-refractivity contribution < 1.29 is 0 Å². The highest BCUT2D eigenvalue weighted by Crippen LogP contribution is 2.33. The minimum Gasteiger partial charge on any atom is -0.365 e. The van der Waals surface area contributed by atoms with Crippen molar-refractivity contribution in [2.24, 2.45) is 0 Å². The molecule has 6 heteroatoms. The molecule has 0 aliphatic carbocycles. The molecular formula is C25H26N6. The number of benzene rings is 2. The van der Waals surface area contributed by atoms with E-state index in [0.29, 0.717) is 5.95 Å². The molecule has 1 aliphatic heterocycles. The number of rotatable bonds is 4. The van der Waals surface area contributed by atoms with Crippen LogP contribution in [-0.2, 0) is 18.4 Å². The van der Waals surface area contributed by atoms with Gasteiger partial charge >= 0.3 is 0 Å². The molecule has 0 N–H and O–H groups in total. The van der Waals surface area contributed by atoms with Crippen molar-refractivity contribution in [3.05, 3.63) is 95.3 Å². The van der Waals surface area contributed by atoms with Crippen molar-refractivity contribution in [3.63, 3.8) is 0 Å². The molecule has 6 nitrogen and oxygen atoms in total. The monoisotopic (exact) mass is 410 g/mol. The Labute approximate surface area is 182 Å². The fraction of sp³-hybridized carbons (Fsp3) is 0.280. The highest BCUT2D eigenvalue weighted by molar-refractivity contribution is 5.52. The van der Waals surface area contributed by atoms with Crippen molar-refractivity contribution >= 4 is 5.69 Å². The van der Waals surface area contributed by atoms with Gasteiger partial charge in [0.1, 0.15) is 12.7 Å². The second kappa shape index (κ2) is 7.61. The minimum atomic E-state index is -0.0410. The van der Waals surface area contributed by atoms with Crippen LogP contribution in [0.25, 0.3) is 5.95 Å². The van der Waals surface area contributed by atoms with Crippen molar-refractivity contribution in [2.45, 2.75) is 39.2 Å². The fourth-order valence-electron chi connectivity index (χ4n) is 4.16. The zero-order valence-corrected chi connectivity index (χ0v) is 18.2. The van der Waals surface area contributed by atoms with E-state index in [-0.39, 0.29) is 5.41 Å². The molecule has 5 rings (SSSR count). The minimum absolute atomic E-state index is 0.0410. The Morgan fingerprint density at radius 2 is 1.65 bits per heavy atom. The van der Waals surface area contributed by atoms with Gasteiger partial charge in [0.25, 0.3) is 5.95 Å². The van der Waals surface area contributed by atoms with E-state index in [9.17, 15) is 0 Å². The Morgan fingerprint density at radius 1 is 0.935 bits per heavy atom. The maximum absolute atomic E-state index is 4.74. The highest BCUT2D eigenvalue weighted by atomic mass is 15.4. The summed E-state index contributed by atoms with van der Waals surface area (Å²) in [4.78, 5) is 15.5. The molecule has 2 aromatic carbocycles. The van der Waals surface area contributed by atoms with Crippen LogP contribution in [0.15, 0.2) is 67.4 Å². The largest absolute Gasteiger partial charge is 0.365 e. The maximum atomic E-state index is 4.74. The number of nitrogens with zero attached hydrogens (tertiary/aromatic N) is 6. The van der Waals surface area contributed by atoms with Crippen molar-refractivity contribution in [1.29, 1.82) is 0 Å². The van der Waals surface area contributed by atoms with Crippen LogP contribution in [-0.4, -0.2) is 31.3 Å². The Balaban J connectivity index is 1.37. The van der Waals surface area contributed by atoms with E-state index in [0.717, 1.165) is 25.2 Å². The van der Waals surface area contributed by atoms with E-state index in [1.165, 1.54) is 34.3 Å². The van der Waals surface area contributed by atoms with E-state index in [4.69, 9.17) is 4.98 Å². The quantitative estimate of drug-likeness (QED) is 0.503. The summed E-state index contributed by atoms with van der Waals surface area (Å²) < 4.78 is 1.60. The number of hydrogen-bond acceptors (Lipinski definition) is 5. The summed E-state index contributed by atoms with van der Waals surface area (Å²) in [7, 11) is 0. The molecule has 1 aliphatic rings. The predicted octanol–water partition coefficient (Wildman–Crippen LogP) is 4.25. The lowest BCUT2D eigenvalue weighted by Gasteiger charge is -2.31. The molecule has 2 aromatic heterocycles. The first kappa shape index (κ1) is 19.4. The zero-order chi connectivity index (χ0) is 21.4. The summed E-state index contributed by atoms with van der Waals surface area (Å²) in [5.74, 6) is 0.563. The number of aromatic nitrogens is 5. The molecule has 4 aromatic rings. The zero-order valence-electron chi connectivity index (χ0n) is 18.2. The third-order valence-electron chi connectivity index (χ3n) is 6.28. The van der Waals surface area contributed by atoms with Gasteiger partial charge in [-0.05, 0) is 42.2 Å². The summed E-state index contributed by atoms with van der Waals surface area (Å²) in [6.45, 7) is 8.42. The first-order valence-electron chi connectivity index (χ1n) is 10.6. The molecular weight excluding hydrogens is 384 g/mol. The normalized spacial score (nSPS) is 13.8. The van der Waals surface area contributed by atoms with Crippen LogP contribution in [0.4, 0.5) is 5.69 Å². The summed E-state index contributed by atoms with van der Waals surface area (Å²) in [6.07, 6.45) is 5.97. The number of fused-ring (bicyclic) bond motifs is 1. The Kier molecular flexibility index (Phi) is 4.77. The van der Waals surface area contributed by atoms with Crippen LogP contribution in [0.1, 0.15) is 41.8 Å². The Hall–Kier alpha value is -3.54. The average molecular weight is 411 g/mol. The van der Waals surface area contributed by atoms with Gasteiger partial charge in [-0.15, -0.1) is 0 Å². The molecule has 0 radical (unpaired) electrons. The van der Waals surface area contributed by atoms with Crippen LogP contribution in [0, 0.1) is 6.92 Å². The molecule has 0 saturated carbocycles. The third kappa shape index (κ3) is 3.69. The first-order valence-corrected chi connectivity index (χ1v) is 10.6. The van der Waals surface area contributed by atoms with Crippen LogP contribution >= 0.6 is 0 Å². The Bertz CT molecular complexity index is 1180. The smallest absolute Gasteiger partial charge is 0.252 e. The first-order chi connectivity index (χ1) is 15.0. The van der Waals surface area contributed by atoms with Gasteiger partial charge in [-0.1, -0.05) is 55.8 Å². The summed E-state index contributed by atoms with van der Waals surface area (Å²) in [5.41, 5.74) is 7.36. The molecule has 0 spiro atoms. The molecule has 156 valence electrons. The second-order valence-electron chi connectivity index (χ2n) is 8.69. The van der Waals surface area contributed by atoms with Crippen molar-refractivity contribution in [2.75, 3.05) is 11.4 Å². The summed E-state index contributed by atoms with van der Waals surface area (Å²) in [6, 6.07) is 17.8. The summed E-state index contributed by atoms with van der Waals surface area (Å²) in [5, 5.41) is 4.14. The van der Waals surface area contributed by atoms with E-state index in [1.807, 2.05) is 6.20 Å². The van der Waals surface area contributed by atoms with Crippen molar-refractivity contribution in [3.8, 4) is 5.95 Å². The SMILES string of the molecule is Cc1ccc(C(C)(C)c2ccc(N3CCc4cnc(-n5cncn5)nc4C3)cc2)cc1. The Morgan fingerprint density at radius 3 is 2.32 bits per heavy atom. The summed E-state index contributed by atoms with van der Waals surface area (Å²) >= 11 is 0. The lowest BCUT2D eigenvalue weighted by Crippen LogP contribution is -2.31. The van der Waals surface area contributed by atoms with E-state index < -0.39 is 0 Å². The predicted molar refractivity (Wildman–Crippen MR) is 121 cm³/mol. The van der Waals surface area contributed by atoms with E-state index in [1.54, 1.807) is 11.0 Å². The van der Waals surface area contributed by atoms with Crippen LogP contribution in [0.3, 0.4) is 0 Å². The molecule has 0 saturated heterocycles. The molecule has 0 unspecified atom stereocenters. The molecule has 0 bridgehead atoms. The van der Waals surface area contributed by atoms with Gasteiger partial charge in [-0.25, -0.2) is 15.0 Å². The van der Waals surface area contributed by atoms with E-state index >= 15 is 0 Å². The molecule has 0 atom stereocenters. The standard InChI is InChI=1S/C25H26N6/c1-18-4-6-20(7-5-18)25(2,3)21-8-10-22(11-9-21)30-13-12-19-14-27-24(29-23(19)15-30)31-17-26-16-28-31/h4-11,14,16-17H,12-13,15H2,1-3H3. The van der Waals surface area contributed by atoms with Gasteiger partial charge in [-0.3, -0.25) is 0 Å². The number of hydrogen-bond donors (Lipinski definition) is 0. The molecule has 0 amide bonds. The van der Waals surface area contributed by atoms with Crippen molar-refractivity contribution in [1.82, 2.24) is 24.7 Å². The van der Waals surface area contributed by atoms with Crippen LogP contribution < -0.4 is 4.90 Å². The highest BCUT2D eigenvalue weighted by Gasteiger charge is 2.24. The van der Waals surface area contributed by atoms with Gasteiger partial charge in [0.2, 0.25) is 0 Å². The lowest BCUT2D eigenvalue weighted by molar-refractivity contribution is 0.639. The van der Waals surface area contributed by atoms with Crippen LogP contribution in [0.2, 0.25) is 0 Å². The fourth-order valence-corrected chi connectivity index (χ4v) is 4.16. The molecule has 0 fully saturated rings. The van der Waals surface area contributed by atoms with Gasteiger partial charge in [-0.2, -0.15) is 9.78 Å².